The van der Waals surface area contributed by atoms with Gasteiger partial charge in [0, 0.05) is 19.4 Å². The van der Waals surface area contributed by atoms with Crippen LogP contribution in [0.1, 0.15) is 42.8 Å². The van der Waals surface area contributed by atoms with Gasteiger partial charge in [0.05, 0.1) is 22.0 Å². The quantitative estimate of drug-likeness (QED) is 0.349. The zero-order chi connectivity index (χ0) is 24.8. The Bertz CT molecular complexity index is 1400. The van der Waals surface area contributed by atoms with E-state index in [1.54, 1.807) is 6.07 Å². The summed E-state index contributed by atoms with van der Waals surface area (Å²) >= 11 is 0. The van der Waals surface area contributed by atoms with E-state index >= 15 is 0 Å². The summed E-state index contributed by atoms with van der Waals surface area (Å²) in [6, 6.07) is 24.6. The number of aryl methyl sites for hydroxylation is 2. The second-order valence-electron chi connectivity index (χ2n) is 8.60. The largest absolute Gasteiger partial charge is 0.349 e. The first kappa shape index (κ1) is 24.6. The number of nitrogens with two attached hydrogens (primary N) is 1. The van der Waals surface area contributed by atoms with Gasteiger partial charge in [0.15, 0.2) is 0 Å². The lowest BCUT2D eigenvalue weighted by atomic mass is 9.98. The number of carbonyl (C=O) groups excluding carboxylic acids is 1. The van der Waals surface area contributed by atoms with Gasteiger partial charge in [-0.1, -0.05) is 67.6 Å². The summed E-state index contributed by atoms with van der Waals surface area (Å²) in [6.07, 6.45) is 2.29. The fourth-order valence-corrected chi connectivity index (χ4v) is 4.81. The maximum Gasteiger partial charge on any atom is 0.238 e. The number of hydrogen-bond acceptors (Lipinski definition) is 4. The van der Waals surface area contributed by atoms with Crippen LogP contribution in [0.25, 0.3) is 11.0 Å². The molecule has 0 aliphatic heterocycles. The van der Waals surface area contributed by atoms with E-state index < -0.39 is 10.0 Å². The van der Waals surface area contributed by atoms with E-state index in [1.807, 2.05) is 53.1 Å². The molecule has 0 aliphatic rings. The SMILES string of the molecule is CCCn1c(CCC(=O)NC(Cc2ccccc2)c2ccccc2)nc2cc(S(N)(=O)=O)ccc21. The van der Waals surface area contributed by atoms with Crippen LogP contribution < -0.4 is 10.5 Å². The van der Waals surface area contributed by atoms with E-state index in [-0.39, 0.29) is 23.3 Å². The second-order valence-corrected chi connectivity index (χ2v) is 10.2. The van der Waals surface area contributed by atoms with E-state index in [4.69, 9.17) is 5.14 Å². The third-order valence-electron chi connectivity index (χ3n) is 5.97. The van der Waals surface area contributed by atoms with Gasteiger partial charge in [-0.05, 0) is 42.2 Å². The zero-order valence-corrected chi connectivity index (χ0v) is 20.5. The number of nitrogens with one attached hydrogen (secondary N) is 1. The van der Waals surface area contributed by atoms with E-state index in [2.05, 4.69) is 29.4 Å². The molecule has 1 heterocycles. The molecule has 4 rings (SSSR count). The lowest BCUT2D eigenvalue weighted by Crippen LogP contribution is -2.30. The average Bonchev–Trinajstić information content (AvgIpc) is 3.20. The Labute approximate surface area is 206 Å². The number of primary sulfonamides is 1. The Kier molecular flexibility index (Phi) is 7.63. The van der Waals surface area contributed by atoms with Crippen molar-refractivity contribution in [3.63, 3.8) is 0 Å². The van der Waals surface area contributed by atoms with Crippen LogP contribution in [0.3, 0.4) is 0 Å². The van der Waals surface area contributed by atoms with Gasteiger partial charge in [0.2, 0.25) is 15.9 Å². The van der Waals surface area contributed by atoms with Crippen LogP contribution in [0, 0.1) is 0 Å². The van der Waals surface area contributed by atoms with Crippen molar-refractivity contribution < 1.29 is 13.2 Å². The number of sulfonamides is 1. The Hall–Kier alpha value is -3.49. The summed E-state index contributed by atoms with van der Waals surface area (Å²) in [5, 5.41) is 8.48. The standard InChI is InChI=1S/C27H30N4O3S/c1-2-17-31-25-14-13-22(35(28,33)34)19-24(25)29-26(31)15-16-27(32)30-23(21-11-7-4-8-12-21)18-20-9-5-3-6-10-20/h3-14,19,23H,2,15-18H2,1H3,(H,30,32)(H2,28,33,34). The molecule has 3 N–H and O–H groups in total. The summed E-state index contributed by atoms with van der Waals surface area (Å²) in [4.78, 5) is 17.7. The van der Waals surface area contributed by atoms with Crippen molar-refractivity contribution in [1.29, 1.82) is 0 Å². The first-order chi connectivity index (χ1) is 16.8. The van der Waals surface area contributed by atoms with Crippen molar-refractivity contribution in [3.8, 4) is 0 Å². The minimum absolute atomic E-state index is 0.0297. The van der Waals surface area contributed by atoms with E-state index in [0.717, 1.165) is 35.4 Å². The molecular weight excluding hydrogens is 460 g/mol. The average molecular weight is 491 g/mol. The number of hydrogen-bond donors (Lipinski definition) is 2. The molecule has 182 valence electrons. The smallest absolute Gasteiger partial charge is 0.238 e. The van der Waals surface area contributed by atoms with Gasteiger partial charge in [-0.3, -0.25) is 4.79 Å². The maximum atomic E-state index is 13.0. The Balaban J connectivity index is 1.52. The highest BCUT2D eigenvalue weighted by atomic mass is 32.2. The number of benzene rings is 3. The van der Waals surface area contributed by atoms with Crippen LogP contribution in [0.15, 0.2) is 83.8 Å². The molecule has 4 aromatic rings. The molecule has 0 radical (unpaired) electrons. The van der Waals surface area contributed by atoms with Crippen LogP contribution in [0.5, 0.6) is 0 Å². The highest BCUT2D eigenvalue weighted by Crippen LogP contribution is 2.22. The van der Waals surface area contributed by atoms with Crippen LogP contribution in [-0.4, -0.2) is 23.9 Å². The summed E-state index contributed by atoms with van der Waals surface area (Å²) in [5.74, 6) is 0.693. The fourth-order valence-electron chi connectivity index (χ4n) is 4.28. The number of amides is 1. The van der Waals surface area contributed by atoms with Gasteiger partial charge in [0.25, 0.3) is 0 Å². The second kappa shape index (κ2) is 10.8. The molecule has 0 saturated heterocycles. The molecule has 0 spiro atoms. The third-order valence-corrected chi connectivity index (χ3v) is 6.88. The topological polar surface area (TPSA) is 107 Å². The molecule has 1 aromatic heterocycles. The van der Waals surface area contributed by atoms with Gasteiger partial charge in [-0.25, -0.2) is 18.5 Å². The lowest BCUT2D eigenvalue weighted by Gasteiger charge is -2.20. The molecule has 0 saturated carbocycles. The summed E-state index contributed by atoms with van der Waals surface area (Å²) in [7, 11) is -3.82. The molecule has 0 aliphatic carbocycles. The molecular formula is C27H30N4O3S. The van der Waals surface area contributed by atoms with E-state index in [9.17, 15) is 13.2 Å². The minimum Gasteiger partial charge on any atom is -0.349 e. The number of carbonyl (C=O) groups is 1. The van der Waals surface area contributed by atoms with Crippen LogP contribution in [0.2, 0.25) is 0 Å². The minimum atomic E-state index is -3.82. The van der Waals surface area contributed by atoms with Crippen molar-refractivity contribution in [2.45, 2.75) is 50.1 Å². The van der Waals surface area contributed by atoms with Gasteiger partial charge in [0.1, 0.15) is 5.82 Å². The molecule has 1 amide bonds. The highest BCUT2D eigenvalue weighted by molar-refractivity contribution is 7.89. The molecule has 8 heteroatoms. The number of aromatic nitrogens is 2. The highest BCUT2D eigenvalue weighted by Gasteiger charge is 2.18. The lowest BCUT2D eigenvalue weighted by molar-refractivity contribution is -0.121. The van der Waals surface area contributed by atoms with Gasteiger partial charge in [-0.15, -0.1) is 0 Å². The third kappa shape index (κ3) is 6.15. The monoisotopic (exact) mass is 490 g/mol. The number of rotatable bonds is 10. The number of imidazole rings is 1. The molecule has 7 nitrogen and oxygen atoms in total. The van der Waals surface area contributed by atoms with Crippen molar-refractivity contribution in [3.05, 3.63) is 95.8 Å². The Morgan fingerprint density at radius 2 is 1.71 bits per heavy atom. The molecule has 1 unspecified atom stereocenters. The Morgan fingerprint density at radius 3 is 2.37 bits per heavy atom. The van der Waals surface area contributed by atoms with Gasteiger partial charge < -0.3 is 9.88 Å². The van der Waals surface area contributed by atoms with E-state index in [1.165, 1.54) is 12.1 Å². The van der Waals surface area contributed by atoms with Crippen molar-refractivity contribution in [2.24, 2.45) is 5.14 Å². The summed E-state index contributed by atoms with van der Waals surface area (Å²) < 4.78 is 25.5. The summed E-state index contributed by atoms with van der Waals surface area (Å²) in [5.41, 5.74) is 3.60. The molecule has 0 fully saturated rings. The van der Waals surface area contributed by atoms with Crippen molar-refractivity contribution in [2.75, 3.05) is 0 Å². The molecule has 0 bridgehead atoms. The predicted octanol–water partition coefficient (Wildman–Crippen LogP) is 4.13. The Morgan fingerprint density at radius 1 is 1.03 bits per heavy atom. The molecule has 3 aromatic carbocycles. The maximum absolute atomic E-state index is 13.0. The normalized spacial score (nSPS) is 12.5. The van der Waals surface area contributed by atoms with Crippen molar-refractivity contribution >= 4 is 27.0 Å². The van der Waals surface area contributed by atoms with Crippen LogP contribution >= 0.6 is 0 Å². The van der Waals surface area contributed by atoms with Gasteiger partial charge in [-0.2, -0.15) is 0 Å². The first-order valence-electron chi connectivity index (χ1n) is 11.8. The molecule has 35 heavy (non-hydrogen) atoms. The number of fused-ring (bicyclic) bond motifs is 1. The summed E-state index contributed by atoms with van der Waals surface area (Å²) in [6.45, 7) is 2.79. The number of nitrogens with zero attached hydrogens (tertiary/aromatic N) is 2. The van der Waals surface area contributed by atoms with Crippen LogP contribution in [-0.2, 0) is 34.2 Å². The first-order valence-corrected chi connectivity index (χ1v) is 13.3. The zero-order valence-electron chi connectivity index (χ0n) is 19.7. The van der Waals surface area contributed by atoms with Crippen LogP contribution in [0.4, 0.5) is 0 Å². The van der Waals surface area contributed by atoms with Gasteiger partial charge >= 0.3 is 0 Å². The fraction of sp³-hybridized carbons (Fsp3) is 0.259. The predicted molar refractivity (Wildman–Crippen MR) is 137 cm³/mol. The molecule has 1 atom stereocenters. The van der Waals surface area contributed by atoms with Crippen molar-refractivity contribution in [1.82, 2.24) is 14.9 Å². The van der Waals surface area contributed by atoms with E-state index in [0.29, 0.717) is 18.4 Å².